The second kappa shape index (κ2) is 7.81. The zero-order valence-electron chi connectivity index (χ0n) is 11.9. The summed E-state index contributed by atoms with van der Waals surface area (Å²) in [7, 11) is 0. The maximum absolute atomic E-state index is 13.9. The molecular formula is C16H20FNS2. The van der Waals surface area contributed by atoms with Crippen LogP contribution in [0.5, 0.6) is 0 Å². The van der Waals surface area contributed by atoms with Crippen LogP contribution in [-0.2, 0) is 6.54 Å². The predicted molar refractivity (Wildman–Crippen MR) is 89.0 cm³/mol. The number of hydrogen-bond donors (Lipinski definition) is 1. The number of benzene rings is 1. The molecule has 1 N–H and O–H groups in total. The van der Waals surface area contributed by atoms with Crippen molar-refractivity contribution in [3.8, 4) is 10.4 Å². The van der Waals surface area contributed by atoms with E-state index in [2.05, 4.69) is 19.2 Å². The molecule has 0 spiro atoms. The lowest BCUT2D eigenvalue weighted by Gasteiger charge is -2.13. The van der Waals surface area contributed by atoms with E-state index in [1.165, 1.54) is 0 Å². The molecule has 1 nitrogen and oxygen atoms in total. The van der Waals surface area contributed by atoms with E-state index in [-0.39, 0.29) is 5.82 Å². The molecule has 0 saturated carbocycles. The van der Waals surface area contributed by atoms with Crippen LogP contribution >= 0.6 is 23.1 Å². The fraction of sp³-hybridized carbons (Fsp3) is 0.375. The van der Waals surface area contributed by atoms with Gasteiger partial charge in [-0.3, -0.25) is 0 Å². The van der Waals surface area contributed by atoms with Crippen molar-refractivity contribution in [1.29, 1.82) is 0 Å². The maximum Gasteiger partial charge on any atom is 0.131 e. The number of halogens is 1. The Kier molecular flexibility index (Phi) is 6.07. The van der Waals surface area contributed by atoms with Crippen molar-refractivity contribution in [3.63, 3.8) is 0 Å². The monoisotopic (exact) mass is 309 g/mol. The lowest BCUT2D eigenvalue weighted by Crippen LogP contribution is -2.27. The van der Waals surface area contributed by atoms with E-state index in [4.69, 9.17) is 0 Å². The third-order valence-corrected chi connectivity index (χ3v) is 5.09. The second-order valence-corrected chi connectivity index (χ2v) is 7.00. The van der Waals surface area contributed by atoms with Crippen LogP contribution in [0, 0.1) is 5.82 Å². The average Bonchev–Trinajstić information content (AvgIpc) is 2.98. The molecule has 0 fully saturated rings. The Hall–Kier alpha value is -0.840. The van der Waals surface area contributed by atoms with Crippen molar-refractivity contribution in [2.24, 2.45) is 0 Å². The quantitative estimate of drug-likeness (QED) is 0.789. The minimum Gasteiger partial charge on any atom is -0.309 e. The minimum atomic E-state index is -0.147. The van der Waals surface area contributed by atoms with Gasteiger partial charge in [-0.15, -0.1) is 11.3 Å². The van der Waals surface area contributed by atoms with Crippen LogP contribution in [0.2, 0.25) is 0 Å². The van der Waals surface area contributed by atoms with Crippen LogP contribution in [0.15, 0.2) is 35.7 Å². The highest BCUT2D eigenvalue weighted by molar-refractivity contribution is 7.99. The summed E-state index contributed by atoms with van der Waals surface area (Å²) in [6, 6.07) is 9.76. The van der Waals surface area contributed by atoms with E-state index in [1.54, 1.807) is 17.4 Å². The standard InChI is InChI=1S/C16H20FNS2/c1-3-19-11-12(2)18-10-13-6-7-15(17)14(9-13)16-5-4-8-20-16/h4-9,12,18H,3,10-11H2,1-2H3. The summed E-state index contributed by atoms with van der Waals surface area (Å²) < 4.78 is 13.9. The molecule has 1 aromatic carbocycles. The first-order valence-corrected chi connectivity index (χ1v) is 8.87. The molecule has 0 amide bonds. The topological polar surface area (TPSA) is 12.0 Å². The molecule has 0 radical (unpaired) electrons. The van der Waals surface area contributed by atoms with Crippen molar-refractivity contribution in [1.82, 2.24) is 5.32 Å². The van der Waals surface area contributed by atoms with E-state index in [1.807, 2.05) is 41.4 Å². The Morgan fingerprint density at radius 1 is 1.35 bits per heavy atom. The van der Waals surface area contributed by atoms with Crippen molar-refractivity contribution < 1.29 is 4.39 Å². The van der Waals surface area contributed by atoms with Gasteiger partial charge in [0, 0.05) is 28.8 Å². The van der Waals surface area contributed by atoms with Crippen LogP contribution in [0.4, 0.5) is 4.39 Å². The summed E-state index contributed by atoms with van der Waals surface area (Å²) in [4.78, 5) is 0.985. The first-order chi connectivity index (χ1) is 9.70. The molecular weight excluding hydrogens is 289 g/mol. The SMILES string of the molecule is CCSCC(C)NCc1ccc(F)c(-c2cccs2)c1. The van der Waals surface area contributed by atoms with Crippen LogP contribution < -0.4 is 5.32 Å². The maximum atomic E-state index is 13.9. The van der Waals surface area contributed by atoms with Crippen molar-refractivity contribution in [3.05, 3.63) is 47.1 Å². The number of rotatable bonds is 7. The second-order valence-electron chi connectivity index (χ2n) is 4.73. The summed E-state index contributed by atoms with van der Waals surface area (Å²) in [5, 5.41) is 5.46. The van der Waals surface area contributed by atoms with Gasteiger partial charge in [-0.25, -0.2) is 4.39 Å². The average molecular weight is 309 g/mol. The summed E-state index contributed by atoms with van der Waals surface area (Å²) in [5.74, 6) is 2.10. The molecule has 20 heavy (non-hydrogen) atoms. The molecule has 1 heterocycles. The lowest BCUT2D eigenvalue weighted by molar-refractivity contribution is 0.593. The number of thioether (sulfide) groups is 1. The van der Waals surface area contributed by atoms with Gasteiger partial charge >= 0.3 is 0 Å². The highest BCUT2D eigenvalue weighted by atomic mass is 32.2. The molecule has 0 bridgehead atoms. The summed E-state index contributed by atoms with van der Waals surface area (Å²) in [6.07, 6.45) is 0. The smallest absolute Gasteiger partial charge is 0.131 e. The van der Waals surface area contributed by atoms with Gasteiger partial charge in [0.25, 0.3) is 0 Å². The minimum absolute atomic E-state index is 0.147. The van der Waals surface area contributed by atoms with E-state index in [0.717, 1.165) is 28.5 Å². The van der Waals surface area contributed by atoms with E-state index in [0.29, 0.717) is 11.6 Å². The number of hydrogen-bond acceptors (Lipinski definition) is 3. The molecule has 108 valence electrons. The van der Waals surface area contributed by atoms with Crippen molar-refractivity contribution in [2.75, 3.05) is 11.5 Å². The highest BCUT2D eigenvalue weighted by Gasteiger charge is 2.08. The molecule has 1 atom stereocenters. The lowest BCUT2D eigenvalue weighted by atomic mass is 10.1. The third-order valence-electron chi connectivity index (χ3n) is 3.04. The van der Waals surface area contributed by atoms with Gasteiger partial charge in [0.1, 0.15) is 5.82 Å². The van der Waals surface area contributed by atoms with Gasteiger partial charge in [0.15, 0.2) is 0 Å². The van der Waals surface area contributed by atoms with Gasteiger partial charge in [-0.05, 0) is 41.8 Å². The number of thiophene rings is 1. The Morgan fingerprint density at radius 3 is 2.90 bits per heavy atom. The summed E-state index contributed by atoms with van der Waals surface area (Å²) >= 11 is 3.50. The van der Waals surface area contributed by atoms with Gasteiger partial charge in [0.05, 0.1) is 0 Å². The van der Waals surface area contributed by atoms with Crippen LogP contribution in [0.3, 0.4) is 0 Å². The molecule has 0 saturated heterocycles. The fourth-order valence-corrected chi connectivity index (χ4v) is 3.40. The fourth-order valence-electron chi connectivity index (χ4n) is 1.95. The Labute approximate surface area is 128 Å². The van der Waals surface area contributed by atoms with Gasteiger partial charge in [0.2, 0.25) is 0 Å². The van der Waals surface area contributed by atoms with E-state index >= 15 is 0 Å². The molecule has 4 heteroatoms. The third kappa shape index (κ3) is 4.33. The van der Waals surface area contributed by atoms with Crippen molar-refractivity contribution in [2.45, 2.75) is 26.4 Å². The van der Waals surface area contributed by atoms with Crippen LogP contribution in [-0.4, -0.2) is 17.5 Å². The largest absolute Gasteiger partial charge is 0.309 e. The summed E-state index contributed by atoms with van der Waals surface area (Å²) in [6.45, 7) is 5.14. The molecule has 0 aliphatic rings. The normalized spacial score (nSPS) is 12.6. The zero-order valence-corrected chi connectivity index (χ0v) is 13.5. The van der Waals surface area contributed by atoms with Gasteiger partial charge in [-0.2, -0.15) is 11.8 Å². The Morgan fingerprint density at radius 2 is 2.20 bits per heavy atom. The Bertz CT molecular complexity index is 525. The number of nitrogens with one attached hydrogen (secondary N) is 1. The molecule has 1 unspecified atom stereocenters. The molecule has 2 aromatic rings. The highest BCUT2D eigenvalue weighted by Crippen LogP contribution is 2.28. The Balaban J connectivity index is 2.01. The molecule has 2 rings (SSSR count). The van der Waals surface area contributed by atoms with Crippen molar-refractivity contribution >= 4 is 23.1 Å². The summed E-state index contributed by atoms with van der Waals surface area (Å²) in [5.41, 5.74) is 1.83. The first-order valence-electron chi connectivity index (χ1n) is 6.84. The van der Waals surface area contributed by atoms with Crippen LogP contribution in [0.25, 0.3) is 10.4 Å². The van der Waals surface area contributed by atoms with Gasteiger partial charge < -0.3 is 5.32 Å². The zero-order chi connectivity index (χ0) is 14.4. The predicted octanol–water partition coefficient (Wildman–Crippen LogP) is 4.79. The van der Waals surface area contributed by atoms with Crippen LogP contribution in [0.1, 0.15) is 19.4 Å². The van der Waals surface area contributed by atoms with Gasteiger partial charge in [-0.1, -0.05) is 19.1 Å². The van der Waals surface area contributed by atoms with E-state index < -0.39 is 0 Å². The molecule has 0 aliphatic heterocycles. The molecule has 0 aliphatic carbocycles. The first kappa shape index (κ1) is 15.5. The van der Waals surface area contributed by atoms with E-state index in [9.17, 15) is 4.39 Å². The molecule has 1 aromatic heterocycles.